The second kappa shape index (κ2) is 8.29. The molecular weight excluding hydrogens is 378 g/mol. The monoisotopic (exact) mass is 401 g/mol. The summed E-state index contributed by atoms with van der Waals surface area (Å²) in [5, 5.41) is 2.95. The summed E-state index contributed by atoms with van der Waals surface area (Å²) in [4.78, 5) is 17.3. The number of carbonyl (C=O) groups is 1. The molecule has 3 aromatic carbocycles. The molecule has 152 valence electrons. The number of hydrogen-bond acceptors (Lipinski definition) is 4. The Labute approximate surface area is 175 Å². The van der Waals surface area contributed by atoms with Crippen molar-refractivity contribution in [2.45, 2.75) is 13.5 Å². The molecule has 1 aromatic heterocycles. The molecule has 0 bridgehead atoms. The van der Waals surface area contributed by atoms with Gasteiger partial charge in [0.1, 0.15) is 17.3 Å². The predicted molar refractivity (Wildman–Crippen MR) is 117 cm³/mol. The highest BCUT2D eigenvalue weighted by molar-refractivity contribution is 5.97. The number of hydrogen-bond donors (Lipinski definition) is 1. The van der Waals surface area contributed by atoms with Gasteiger partial charge in [0.25, 0.3) is 5.91 Å². The van der Waals surface area contributed by atoms with Crippen molar-refractivity contribution < 1.29 is 14.3 Å². The standard InChI is InChI=1S/C24H23N3O3/c1-16-26-21-14-17(24(28)25-15-18-6-4-5-7-23(18)30-3)8-13-22(21)27(16)19-9-11-20(29-2)12-10-19/h4-14H,15H2,1-3H3,(H,25,28). The Balaban J connectivity index is 1.58. The molecule has 0 fully saturated rings. The van der Waals surface area contributed by atoms with E-state index in [-0.39, 0.29) is 5.91 Å². The first-order valence-corrected chi connectivity index (χ1v) is 9.64. The van der Waals surface area contributed by atoms with E-state index in [1.54, 1.807) is 14.2 Å². The summed E-state index contributed by atoms with van der Waals surface area (Å²) in [7, 11) is 3.27. The number of amides is 1. The number of benzene rings is 3. The lowest BCUT2D eigenvalue weighted by molar-refractivity contribution is 0.0951. The van der Waals surface area contributed by atoms with Crippen molar-refractivity contribution in [3.05, 3.63) is 83.7 Å². The summed E-state index contributed by atoms with van der Waals surface area (Å²) in [6.07, 6.45) is 0. The molecule has 0 aliphatic carbocycles. The molecule has 0 radical (unpaired) electrons. The number of nitrogens with zero attached hydrogens (tertiary/aromatic N) is 2. The predicted octanol–water partition coefficient (Wildman–Crippen LogP) is 4.28. The fourth-order valence-corrected chi connectivity index (χ4v) is 3.53. The highest BCUT2D eigenvalue weighted by Gasteiger charge is 2.13. The van der Waals surface area contributed by atoms with E-state index < -0.39 is 0 Å². The van der Waals surface area contributed by atoms with E-state index in [4.69, 9.17) is 9.47 Å². The van der Waals surface area contributed by atoms with Gasteiger partial charge in [-0.1, -0.05) is 18.2 Å². The van der Waals surface area contributed by atoms with Crippen LogP contribution in [0.5, 0.6) is 11.5 Å². The Bertz CT molecular complexity index is 1200. The number of ether oxygens (including phenoxy) is 2. The van der Waals surface area contributed by atoms with Crippen molar-refractivity contribution in [2.24, 2.45) is 0 Å². The lowest BCUT2D eigenvalue weighted by Crippen LogP contribution is -2.23. The zero-order chi connectivity index (χ0) is 21.1. The van der Waals surface area contributed by atoms with E-state index in [9.17, 15) is 4.79 Å². The zero-order valence-corrected chi connectivity index (χ0v) is 17.2. The van der Waals surface area contributed by atoms with Gasteiger partial charge in [0.15, 0.2) is 0 Å². The molecule has 4 rings (SSSR count). The first-order chi connectivity index (χ1) is 14.6. The van der Waals surface area contributed by atoms with Crippen LogP contribution in [0.2, 0.25) is 0 Å². The Hall–Kier alpha value is -3.80. The SMILES string of the molecule is COc1ccc(-n2c(C)nc3cc(C(=O)NCc4ccccc4OC)ccc32)cc1. The average molecular weight is 401 g/mol. The molecule has 4 aromatic rings. The molecule has 30 heavy (non-hydrogen) atoms. The normalized spacial score (nSPS) is 10.8. The van der Waals surface area contributed by atoms with E-state index in [0.717, 1.165) is 39.6 Å². The number of carbonyl (C=O) groups excluding carboxylic acids is 1. The van der Waals surface area contributed by atoms with Gasteiger partial charge in [-0.3, -0.25) is 9.36 Å². The number of para-hydroxylation sites is 1. The molecule has 0 aliphatic rings. The summed E-state index contributed by atoms with van der Waals surface area (Å²) in [6.45, 7) is 2.34. The number of fused-ring (bicyclic) bond motifs is 1. The van der Waals surface area contributed by atoms with Gasteiger partial charge in [-0.05, 0) is 55.5 Å². The minimum Gasteiger partial charge on any atom is -0.497 e. The maximum atomic E-state index is 12.7. The van der Waals surface area contributed by atoms with E-state index in [1.165, 1.54) is 0 Å². The molecule has 0 atom stereocenters. The molecule has 0 spiro atoms. The van der Waals surface area contributed by atoms with Gasteiger partial charge in [-0.25, -0.2) is 4.98 Å². The van der Waals surface area contributed by atoms with Crippen molar-refractivity contribution in [3.63, 3.8) is 0 Å². The van der Waals surface area contributed by atoms with Gasteiger partial charge >= 0.3 is 0 Å². The lowest BCUT2D eigenvalue weighted by Gasteiger charge is -2.10. The van der Waals surface area contributed by atoms with Gasteiger partial charge in [-0.15, -0.1) is 0 Å². The van der Waals surface area contributed by atoms with Crippen molar-refractivity contribution in [2.75, 3.05) is 14.2 Å². The van der Waals surface area contributed by atoms with Crippen molar-refractivity contribution >= 4 is 16.9 Å². The molecule has 1 N–H and O–H groups in total. The van der Waals surface area contributed by atoms with Crippen LogP contribution < -0.4 is 14.8 Å². The van der Waals surface area contributed by atoms with E-state index >= 15 is 0 Å². The first kappa shape index (κ1) is 19.5. The molecule has 0 unspecified atom stereocenters. The summed E-state index contributed by atoms with van der Waals surface area (Å²) in [6, 6.07) is 21.0. The quantitative estimate of drug-likeness (QED) is 0.524. The van der Waals surface area contributed by atoms with Crippen LogP contribution in [0.25, 0.3) is 16.7 Å². The zero-order valence-electron chi connectivity index (χ0n) is 17.2. The molecule has 6 heteroatoms. The van der Waals surface area contributed by atoms with Crippen LogP contribution >= 0.6 is 0 Å². The second-order valence-corrected chi connectivity index (χ2v) is 6.89. The van der Waals surface area contributed by atoms with Gasteiger partial charge in [0.05, 0.1) is 25.3 Å². The molecule has 6 nitrogen and oxygen atoms in total. The van der Waals surface area contributed by atoms with E-state index in [0.29, 0.717) is 12.1 Å². The van der Waals surface area contributed by atoms with Gasteiger partial charge in [0.2, 0.25) is 0 Å². The summed E-state index contributed by atoms with van der Waals surface area (Å²) < 4.78 is 12.6. The molecular formula is C24H23N3O3. The number of rotatable bonds is 6. The summed E-state index contributed by atoms with van der Waals surface area (Å²) in [5.74, 6) is 2.25. The molecule has 1 heterocycles. The van der Waals surface area contributed by atoms with Crippen LogP contribution in [0.1, 0.15) is 21.7 Å². The number of imidazole rings is 1. The third kappa shape index (κ3) is 3.72. The van der Waals surface area contributed by atoms with Gasteiger partial charge in [0, 0.05) is 23.4 Å². The number of nitrogens with one attached hydrogen (secondary N) is 1. The third-order valence-electron chi connectivity index (χ3n) is 5.05. The fraction of sp³-hybridized carbons (Fsp3) is 0.167. The van der Waals surface area contributed by atoms with Gasteiger partial charge in [-0.2, -0.15) is 0 Å². The highest BCUT2D eigenvalue weighted by Crippen LogP contribution is 2.24. The summed E-state index contributed by atoms with van der Waals surface area (Å²) in [5.41, 5.74) is 4.20. The van der Waals surface area contributed by atoms with Crippen LogP contribution in [-0.2, 0) is 6.54 Å². The number of aromatic nitrogens is 2. The first-order valence-electron chi connectivity index (χ1n) is 9.64. The largest absolute Gasteiger partial charge is 0.497 e. The van der Waals surface area contributed by atoms with E-state index in [2.05, 4.69) is 14.9 Å². The average Bonchev–Trinajstić information content (AvgIpc) is 3.12. The molecule has 0 saturated carbocycles. The fourth-order valence-electron chi connectivity index (χ4n) is 3.53. The summed E-state index contributed by atoms with van der Waals surface area (Å²) >= 11 is 0. The van der Waals surface area contributed by atoms with Crippen LogP contribution in [-0.4, -0.2) is 29.7 Å². The molecule has 0 aliphatic heterocycles. The highest BCUT2D eigenvalue weighted by atomic mass is 16.5. The van der Waals surface area contributed by atoms with Crippen LogP contribution in [0.4, 0.5) is 0 Å². The molecule has 1 amide bonds. The van der Waals surface area contributed by atoms with Crippen LogP contribution in [0, 0.1) is 6.92 Å². The van der Waals surface area contributed by atoms with E-state index in [1.807, 2.05) is 73.7 Å². The van der Waals surface area contributed by atoms with Crippen molar-refractivity contribution in [1.29, 1.82) is 0 Å². The lowest BCUT2D eigenvalue weighted by atomic mass is 10.1. The maximum absolute atomic E-state index is 12.7. The second-order valence-electron chi connectivity index (χ2n) is 6.89. The number of aryl methyl sites for hydroxylation is 1. The third-order valence-corrected chi connectivity index (χ3v) is 5.05. The minimum absolute atomic E-state index is 0.153. The Morgan fingerprint density at radius 3 is 2.50 bits per heavy atom. The van der Waals surface area contributed by atoms with Crippen LogP contribution in [0.15, 0.2) is 66.7 Å². The molecule has 0 saturated heterocycles. The number of methoxy groups -OCH3 is 2. The van der Waals surface area contributed by atoms with Crippen LogP contribution in [0.3, 0.4) is 0 Å². The Morgan fingerprint density at radius 2 is 1.77 bits per heavy atom. The van der Waals surface area contributed by atoms with Crippen molar-refractivity contribution in [1.82, 2.24) is 14.9 Å². The Morgan fingerprint density at radius 1 is 1.00 bits per heavy atom. The minimum atomic E-state index is -0.153. The van der Waals surface area contributed by atoms with Crippen molar-refractivity contribution in [3.8, 4) is 17.2 Å². The topological polar surface area (TPSA) is 65.4 Å². The van der Waals surface area contributed by atoms with Gasteiger partial charge < -0.3 is 14.8 Å². The maximum Gasteiger partial charge on any atom is 0.251 e. The Kier molecular flexibility index (Phi) is 5.39. The smallest absolute Gasteiger partial charge is 0.251 e.